The molecule has 2 rings (SSSR count). The van der Waals surface area contributed by atoms with Crippen LogP contribution in [0.15, 0.2) is 17.0 Å². The molecule has 1 fully saturated rings. The van der Waals surface area contributed by atoms with Gasteiger partial charge in [-0.05, 0) is 49.1 Å². The van der Waals surface area contributed by atoms with E-state index in [-0.39, 0.29) is 10.2 Å². The molecule has 1 heterocycles. The van der Waals surface area contributed by atoms with Gasteiger partial charge in [-0.3, -0.25) is 14.5 Å². The molecule has 21 heavy (non-hydrogen) atoms. The van der Waals surface area contributed by atoms with Gasteiger partial charge in [-0.1, -0.05) is 36.1 Å². The molecule has 0 radical (unpaired) electrons. The van der Waals surface area contributed by atoms with Crippen LogP contribution in [0.3, 0.4) is 0 Å². The Labute approximate surface area is 132 Å². The van der Waals surface area contributed by atoms with Gasteiger partial charge in [0.15, 0.2) is 0 Å². The van der Waals surface area contributed by atoms with Gasteiger partial charge in [0, 0.05) is 0 Å². The predicted molar refractivity (Wildman–Crippen MR) is 88.2 cm³/mol. The third-order valence-corrected chi connectivity index (χ3v) is 4.71. The molecule has 1 amide bonds. The molecule has 0 aliphatic carbocycles. The van der Waals surface area contributed by atoms with Gasteiger partial charge in [-0.2, -0.15) is 0 Å². The van der Waals surface area contributed by atoms with E-state index in [2.05, 4.69) is 6.07 Å². The summed E-state index contributed by atoms with van der Waals surface area (Å²) in [6.07, 6.45) is 1.78. The summed E-state index contributed by atoms with van der Waals surface area (Å²) in [7, 11) is 0. The SMILES string of the molecule is Cc1cc(C)c(/C=C2\SC(=S)N(CC(=O)O)C2=O)cc1C. The Balaban J connectivity index is 2.35. The number of benzene rings is 1. The molecule has 6 heteroatoms. The van der Waals surface area contributed by atoms with E-state index in [0.29, 0.717) is 4.91 Å². The lowest BCUT2D eigenvalue weighted by atomic mass is 10.0. The highest BCUT2D eigenvalue weighted by Crippen LogP contribution is 2.33. The molecule has 1 aromatic rings. The van der Waals surface area contributed by atoms with Crippen molar-refractivity contribution in [1.29, 1.82) is 0 Å². The van der Waals surface area contributed by atoms with Gasteiger partial charge < -0.3 is 5.11 Å². The first kappa shape index (κ1) is 15.7. The molecule has 1 N–H and O–H groups in total. The lowest BCUT2D eigenvalue weighted by molar-refractivity contribution is -0.140. The molecule has 0 aromatic heterocycles. The minimum atomic E-state index is -1.07. The van der Waals surface area contributed by atoms with Crippen molar-refractivity contribution in [3.05, 3.63) is 39.3 Å². The van der Waals surface area contributed by atoms with E-state index in [1.54, 1.807) is 6.08 Å². The molecule has 110 valence electrons. The number of rotatable bonds is 3. The van der Waals surface area contributed by atoms with E-state index >= 15 is 0 Å². The second kappa shape index (κ2) is 5.99. The van der Waals surface area contributed by atoms with Crippen molar-refractivity contribution in [2.24, 2.45) is 0 Å². The van der Waals surface area contributed by atoms with E-state index in [9.17, 15) is 9.59 Å². The number of nitrogens with zero attached hydrogens (tertiary/aromatic N) is 1. The summed E-state index contributed by atoms with van der Waals surface area (Å²) in [6.45, 7) is 5.64. The number of carboxylic acids is 1. The Hall–Kier alpha value is -1.66. The Morgan fingerprint density at radius 3 is 2.52 bits per heavy atom. The molecular formula is C15H15NO3S2. The van der Waals surface area contributed by atoms with Gasteiger partial charge >= 0.3 is 5.97 Å². The second-order valence-electron chi connectivity index (χ2n) is 4.95. The van der Waals surface area contributed by atoms with Crippen LogP contribution < -0.4 is 0 Å². The van der Waals surface area contributed by atoms with Gasteiger partial charge in [-0.15, -0.1) is 0 Å². The lowest BCUT2D eigenvalue weighted by Crippen LogP contribution is -2.33. The molecule has 1 saturated heterocycles. The van der Waals surface area contributed by atoms with Crippen LogP contribution in [0.2, 0.25) is 0 Å². The largest absolute Gasteiger partial charge is 0.480 e. The first-order valence-electron chi connectivity index (χ1n) is 6.34. The summed E-state index contributed by atoms with van der Waals surface area (Å²) < 4.78 is 0.287. The van der Waals surface area contributed by atoms with Gasteiger partial charge in [0.2, 0.25) is 0 Å². The molecule has 0 atom stereocenters. The number of thiocarbonyl (C=S) groups is 1. The highest BCUT2D eigenvalue weighted by Gasteiger charge is 2.33. The fourth-order valence-corrected chi connectivity index (χ4v) is 3.30. The molecule has 1 aliphatic heterocycles. The molecule has 1 aromatic carbocycles. The summed E-state index contributed by atoms with van der Waals surface area (Å²) >= 11 is 6.22. The minimum absolute atomic E-state index is 0.287. The van der Waals surface area contributed by atoms with Crippen molar-refractivity contribution in [1.82, 2.24) is 4.90 Å². The van der Waals surface area contributed by atoms with Crippen LogP contribution in [0, 0.1) is 20.8 Å². The number of hydrogen-bond donors (Lipinski definition) is 1. The zero-order chi connectivity index (χ0) is 15.7. The molecular weight excluding hydrogens is 306 g/mol. The van der Waals surface area contributed by atoms with Crippen LogP contribution in [0.25, 0.3) is 6.08 Å². The predicted octanol–water partition coefficient (Wildman–Crippen LogP) is 2.90. The van der Waals surface area contributed by atoms with Crippen molar-refractivity contribution < 1.29 is 14.7 Å². The van der Waals surface area contributed by atoms with E-state index in [4.69, 9.17) is 17.3 Å². The van der Waals surface area contributed by atoms with Crippen LogP contribution in [0.5, 0.6) is 0 Å². The summed E-state index contributed by atoms with van der Waals surface area (Å²) in [5, 5.41) is 8.81. The third kappa shape index (κ3) is 3.33. The standard InChI is InChI=1S/C15H15NO3S2/c1-8-4-10(3)11(5-9(8)2)6-12-14(19)16(7-13(17)18)15(20)21-12/h4-6H,7H2,1-3H3,(H,17,18)/b12-6-. The Kier molecular flexibility index (Phi) is 4.49. The maximum absolute atomic E-state index is 12.2. The van der Waals surface area contributed by atoms with Gasteiger partial charge in [0.05, 0.1) is 4.91 Å². The van der Waals surface area contributed by atoms with E-state index < -0.39 is 12.5 Å². The zero-order valence-corrected chi connectivity index (χ0v) is 13.6. The molecule has 0 spiro atoms. The Bertz CT molecular complexity index is 680. The van der Waals surface area contributed by atoms with Crippen LogP contribution in [0.1, 0.15) is 22.3 Å². The van der Waals surface area contributed by atoms with Crippen LogP contribution in [-0.4, -0.2) is 32.7 Å². The maximum atomic E-state index is 12.2. The fourth-order valence-electron chi connectivity index (χ4n) is 2.05. The summed E-state index contributed by atoms with van der Waals surface area (Å²) in [6, 6.07) is 4.09. The van der Waals surface area contributed by atoms with Gasteiger partial charge in [-0.25, -0.2) is 0 Å². The first-order valence-corrected chi connectivity index (χ1v) is 7.57. The van der Waals surface area contributed by atoms with Crippen LogP contribution >= 0.6 is 24.0 Å². The number of hydrogen-bond acceptors (Lipinski definition) is 4. The van der Waals surface area contributed by atoms with Gasteiger partial charge in [0.1, 0.15) is 10.9 Å². The third-order valence-electron chi connectivity index (χ3n) is 3.34. The number of amides is 1. The first-order chi connectivity index (χ1) is 9.79. The molecule has 0 saturated carbocycles. The van der Waals surface area contributed by atoms with Crippen LogP contribution in [-0.2, 0) is 9.59 Å². The Morgan fingerprint density at radius 1 is 1.29 bits per heavy atom. The summed E-state index contributed by atoms with van der Waals surface area (Å²) in [5.74, 6) is -1.42. The topological polar surface area (TPSA) is 57.6 Å². The minimum Gasteiger partial charge on any atom is -0.480 e. The lowest BCUT2D eigenvalue weighted by Gasteiger charge is -2.10. The maximum Gasteiger partial charge on any atom is 0.323 e. The molecule has 0 bridgehead atoms. The highest BCUT2D eigenvalue weighted by molar-refractivity contribution is 8.26. The monoisotopic (exact) mass is 321 g/mol. The second-order valence-corrected chi connectivity index (χ2v) is 6.63. The van der Waals surface area contributed by atoms with E-state index in [0.717, 1.165) is 33.4 Å². The number of thioether (sulfide) groups is 1. The van der Waals surface area contributed by atoms with Crippen molar-refractivity contribution in [3.63, 3.8) is 0 Å². The normalized spacial score (nSPS) is 16.9. The number of aryl methyl sites for hydroxylation is 3. The Morgan fingerprint density at radius 2 is 1.90 bits per heavy atom. The molecule has 0 unspecified atom stereocenters. The number of carboxylic acid groups (broad SMARTS) is 1. The smallest absolute Gasteiger partial charge is 0.323 e. The average Bonchev–Trinajstić information content (AvgIpc) is 2.63. The van der Waals surface area contributed by atoms with Crippen molar-refractivity contribution in [2.45, 2.75) is 20.8 Å². The zero-order valence-electron chi connectivity index (χ0n) is 12.0. The number of aliphatic carboxylic acids is 1. The summed E-state index contributed by atoms with van der Waals surface area (Å²) in [5.41, 5.74) is 4.37. The molecule has 4 nitrogen and oxygen atoms in total. The fraction of sp³-hybridized carbons (Fsp3) is 0.267. The van der Waals surface area contributed by atoms with Gasteiger partial charge in [0.25, 0.3) is 5.91 Å². The van der Waals surface area contributed by atoms with Crippen molar-refractivity contribution in [2.75, 3.05) is 6.54 Å². The number of carbonyl (C=O) groups is 2. The van der Waals surface area contributed by atoms with E-state index in [1.165, 1.54) is 5.56 Å². The average molecular weight is 321 g/mol. The summed E-state index contributed by atoms with van der Waals surface area (Å²) in [4.78, 5) is 24.6. The van der Waals surface area contributed by atoms with Crippen molar-refractivity contribution >= 4 is 46.3 Å². The van der Waals surface area contributed by atoms with E-state index in [1.807, 2.05) is 26.8 Å². The molecule has 1 aliphatic rings. The number of carbonyl (C=O) groups excluding carboxylic acids is 1. The highest BCUT2D eigenvalue weighted by atomic mass is 32.2. The quantitative estimate of drug-likeness (QED) is 0.685. The van der Waals surface area contributed by atoms with Crippen molar-refractivity contribution in [3.8, 4) is 0 Å². The van der Waals surface area contributed by atoms with Crippen LogP contribution in [0.4, 0.5) is 0 Å².